The normalized spacial score (nSPS) is 13.5. The van der Waals surface area contributed by atoms with Crippen LogP contribution in [0.3, 0.4) is 0 Å². The maximum absolute atomic E-state index is 12.0. The van der Waals surface area contributed by atoms with E-state index in [1.54, 1.807) is 12.3 Å². The van der Waals surface area contributed by atoms with Gasteiger partial charge in [-0.3, -0.25) is 4.79 Å². The highest BCUT2D eigenvalue weighted by Gasteiger charge is 2.27. The molecule has 1 amide bonds. The van der Waals surface area contributed by atoms with Gasteiger partial charge in [0.25, 0.3) is 5.91 Å². The molecule has 0 aliphatic heterocycles. The van der Waals surface area contributed by atoms with Gasteiger partial charge in [-0.1, -0.05) is 36.7 Å². The number of hydrogen-bond acceptors (Lipinski definition) is 2. The van der Waals surface area contributed by atoms with Crippen LogP contribution in [0.5, 0.6) is 0 Å². The molecule has 0 spiro atoms. The van der Waals surface area contributed by atoms with E-state index < -0.39 is 0 Å². The number of hydrogen-bond donors (Lipinski definition) is 1. The van der Waals surface area contributed by atoms with Gasteiger partial charge < -0.3 is 9.73 Å². The summed E-state index contributed by atoms with van der Waals surface area (Å²) in [5.74, 6) is 0.280. The molecule has 1 unspecified atom stereocenters. The van der Waals surface area contributed by atoms with Crippen LogP contribution in [0.15, 0.2) is 16.7 Å². The van der Waals surface area contributed by atoms with E-state index in [0.717, 1.165) is 17.3 Å². The molecule has 0 aliphatic rings. The van der Waals surface area contributed by atoms with Crippen LogP contribution in [0.1, 0.15) is 43.3 Å². The van der Waals surface area contributed by atoms with Gasteiger partial charge in [0, 0.05) is 16.9 Å². The van der Waals surface area contributed by atoms with Crippen LogP contribution >= 0.6 is 15.9 Å². The van der Waals surface area contributed by atoms with E-state index >= 15 is 0 Å². The summed E-state index contributed by atoms with van der Waals surface area (Å²) in [7, 11) is 0. The average Bonchev–Trinajstić information content (AvgIpc) is 2.62. The van der Waals surface area contributed by atoms with Crippen LogP contribution in [0.2, 0.25) is 0 Å². The molecule has 4 heteroatoms. The van der Waals surface area contributed by atoms with Crippen molar-refractivity contribution in [2.75, 3.05) is 5.33 Å². The van der Waals surface area contributed by atoms with Crippen LogP contribution in [0.4, 0.5) is 0 Å². The van der Waals surface area contributed by atoms with Crippen molar-refractivity contribution in [1.82, 2.24) is 5.32 Å². The molecule has 17 heavy (non-hydrogen) atoms. The summed E-state index contributed by atoms with van der Waals surface area (Å²) >= 11 is 3.42. The van der Waals surface area contributed by atoms with Gasteiger partial charge in [-0.2, -0.15) is 0 Å². The molecule has 1 N–H and O–H groups in total. The maximum atomic E-state index is 12.0. The molecule has 96 valence electrons. The third-order valence-electron chi connectivity index (χ3n) is 2.82. The van der Waals surface area contributed by atoms with Crippen molar-refractivity contribution in [3.05, 3.63) is 23.7 Å². The fourth-order valence-corrected chi connectivity index (χ4v) is 2.12. The molecule has 0 aromatic carbocycles. The second-order valence-electron chi connectivity index (χ2n) is 5.30. The molecule has 0 aliphatic carbocycles. The van der Waals surface area contributed by atoms with E-state index in [1.807, 2.05) is 6.92 Å². The third kappa shape index (κ3) is 3.87. The fourth-order valence-electron chi connectivity index (χ4n) is 1.66. The minimum absolute atomic E-state index is 0.0317. The lowest BCUT2D eigenvalue weighted by Crippen LogP contribution is -2.44. The molecule has 1 heterocycles. The Kier molecular flexibility index (Phi) is 4.80. The average molecular weight is 302 g/mol. The highest BCUT2D eigenvalue weighted by atomic mass is 79.9. The predicted octanol–water partition coefficient (Wildman–Crippen LogP) is 3.52. The number of halogens is 1. The molecule has 0 saturated carbocycles. The minimum atomic E-state index is -0.131. The van der Waals surface area contributed by atoms with E-state index in [2.05, 4.69) is 42.0 Å². The Balaban J connectivity index is 2.75. The Morgan fingerprint density at radius 3 is 2.59 bits per heavy atom. The van der Waals surface area contributed by atoms with Crippen molar-refractivity contribution in [2.24, 2.45) is 5.41 Å². The number of rotatable bonds is 4. The summed E-state index contributed by atoms with van der Waals surface area (Å²) in [5, 5.41) is 3.91. The number of furan rings is 1. The second-order valence-corrected chi connectivity index (χ2v) is 6.10. The topological polar surface area (TPSA) is 42.2 Å². The monoisotopic (exact) mass is 301 g/mol. The standard InChI is InChI=1S/C13H20BrNO2/c1-9-6-8-17-11(9)12(16)15-10(5-7-14)13(2,3)4/h6,8,10H,5,7H2,1-4H3,(H,15,16). The van der Waals surface area contributed by atoms with Gasteiger partial charge in [0.1, 0.15) is 0 Å². The van der Waals surface area contributed by atoms with Gasteiger partial charge in [0.2, 0.25) is 0 Å². The lowest BCUT2D eigenvalue weighted by Gasteiger charge is -2.30. The molecule has 1 aromatic heterocycles. The summed E-state index contributed by atoms with van der Waals surface area (Å²) in [5.41, 5.74) is 0.901. The van der Waals surface area contributed by atoms with Gasteiger partial charge in [-0.05, 0) is 24.8 Å². The van der Waals surface area contributed by atoms with Crippen molar-refractivity contribution in [2.45, 2.75) is 40.2 Å². The Bertz CT molecular complexity index is 379. The molecule has 0 saturated heterocycles. The Morgan fingerprint density at radius 1 is 1.53 bits per heavy atom. The Labute approximate surface area is 111 Å². The van der Waals surface area contributed by atoms with Crippen molar-refractivity contribution < 1.29 is 9.21 Å². The lowest BCUT2D eigenvalue weighted by atomic mass is 9.85. The number of carbonyl (C=O) groups is 1. The van der Waals surface area contributed by atoms with Crippen molar-refractivity contribution in [3.63, 3.8) is 0 Å². The molecule has 0 fully saturated rings. The molecule has 3 nitrogen and oxygen atoms in total. The van der Waals surface area contributed by atoms with E-state index in [4.69, 9.17) is 4.42 Å². The number of nitrogens with one attached hydrogen (secondary N) is 1. The highest BCUT2D eigenvalue weighted by molar-refractivity contribution is 9.09. The van der Waals surface area contributed by atoms with Crippen LogP contribution < -0.4 is 5.32 Å². The molecule has 0 radical (unpaired) electrons. The van der Waals surface area contributed by atoms with E-state index in [1.165, 1.54) is 0 Å². The first kappa shape index (κ1) is 14.3. The zero-order valence-corrected chi connectivity index (χ0v) is 12.4. The Hall–Kier alpha value is -0.770. The van der Waals surface area contributed by atoms with Gasteiger partial charge in [0.05, 0.1) is 6.26 Å². The first-order valence-electron chi connectivity index (χ1n) is 5.77. The zero-order chi connectivity index (χ0) is 13.1. The SMILES string of the molecule is Cc1ccoc1C(=O)NC(CCBr)C(C)(C)C. The van der Waals surface area contributed by atoms with Crippen molar-refractivity contribution >= 4 is 21.8 Å². The summed E-state index contributed by atoms with van der Waals surface area (Å²) in [4.78, 5) is 12.0. The summed E-state index contributed by atoms with van der Waals surface area (Å²) < 4.78 is 5.19. The van der Waals surface area contributed by atoms with E-state index in [9.17, 15) is 4.79 Å². The first-order valence-corrected chi connectivity index (χ1v) is 6.89. The van der Waals surface area contributed by atoms with Gasteiger partial charge in [-0.15, -0.1) is 0 Å². The van der Waals surface area contributed by atoms with Crippen molar-refractivity contribution in [3.8, 4) is 0 Å². The van der Waals surface area contributed by atoms with E-state index in [-0.39, 0.29) is 17.4 Å². The first-order chi connectivity index (χ1) is 7.86. The smallest absolute Gasteiger partial charge is 0.287 e. The predicted molar refractivity (Wildman–Crippen MR) is 72.6 cm³/mol. The van der Waals surface area contributed by atoms with Crippen molar-refractivity contribution in [1.29, 1.82) is 0 Å². The fraction of sp³-hybridized carbons (Fsp3) is 0.615. The molecule has 1 rings (SSSR count). The van der Waals surface area contributed by atoms with E-state index in [0.29, 0.717) is 5.76 Å². The lowest BCUT2D eigenvalue weighted by molar-refractivity contribution is 0.0871. The van der Waals surface area contributed by atoms with Gasteiger partial charge >= 0.3 is 0 Å². The molecular formula is C13H20BrNO2. The van der Waals surface area contributed by atoms with Crippen LogP contribution in [0, 0.1) is 12.3 Å². The largest absolute Gasteiger partial charge is 0.459 e. The third-order valence-corrected chi connectivity index (χ3v) is 3.27. The second kappa shape index (κ2) is 5.71. The zero-order valence-electron chi connectivity index (χ0n) is 10.8. The van der Waals surface area contributed by atoms with Crippen LogP contribution in [0.25, 0.3) is 0 Å². The summed E-state index contributed by atoms with van der Waals surface area (Å²) in [6, 6.07) is 1.92. The summed E-state index contributed by atoms with van der Waals surface area (Å²) in [6.45, 7) is 8.23. The van der Waals surface area contributed by atoms with Gasteiger partial charge in [0.15, 0.2) is 5.76 Å². The highest BCUT2D eigenvalue weighted by Crippen LogP contribution is 2.23. The minimum Gasteiger partial charge on any atom is -0.459 e. The number of aryl methyl sites for hydroxylation is 1. The molecular weight excluding hydrogens is 282 g/mol. The number of alkyl halides is 1. The summed E-state index contributed by atoms with van der Waals surface area (Å²) in [6.07, 6.45) is 2.44. The molecule has 1 aromatic rings. The molecule has 0 bridgehead atoms. The number of carbonyl (C=O) groups excluding carboxylic acids is 1. The van der Waals surface area contributed by atoms with Crippen LogP contribution in [-0.2, 0) is 0 Å². The quantitative estimate of drug-likeness (QED) is 0.865. The van der Waals surface area contributed by atoms with Crippen LogP contribution in [-0.4, -0.2) is 17.3 Å². The number of amides is 1. The Morgan fingerprint density at radius 2 is 2.18 bits per heavy atom. The molecule has 1 atom stereocenters. The van der Waals surface area contributed by atoms with Gasteiger partial charge in [-0.25, -0.2) is 0 Å². The maximum Gasteiger partial charge on any atom is 0.287 e.